The zero-order valence-corrected chi connectivity index (χ0v) is 13.9. The van der Waals surface area contributed by atoms with Gasteiger partial charge in [-0.25, -0.2) is 0 Å². The van der Waals surface area contributed by atoms with E-state index in [1.165, 1.54) is 19.3 Å². The van der Waals surface area contributed by atoms with Crippen molar-refractivity contribution in [3.63, 3.8) is 0 Å². The fourth-order valence-electron chi connectivity index (χ4n) is 3.02. The summed E-state index contributed by atoms with van der Waals surface area (Å²) in [6, 6.07) is 8.10. The van der Waals surface area contributed by atoms with Crippen molar-refractivity contribution in [3.05, 3.63) is 46.6 Å². The normalized spacial score (nSPS) is 20.9. The van der Waals surface area contributed by atoms with Crippen molar-refractivity contribution in [1.82, 2.24) is 5.32 Å². The van der Waals surface area contributed by atoms with Crippen molar-refractivity contribution < 1.29 is 0 Å². The van der Waals surface area contributed by atoms with Gasteiger partial charge in [-0.05, 0) is 56.4 Å². The van der Waals surface area contributed by atoms with Gasteiger partial charge in [0.25, 0.3) is 0 Å². The number of nitrogens with zero attached hydrogens (tertiary/aromatic N) is 3. The zero-order chi connectivity index (χ0) is 15.9. The minimum absolute atomic E-state index is 0.134. The van der Waals surface area contributed by atoms with Crippen molar-refractivity contribution in [2.45, 2.75) is 38.8 Å². The number of hydrogen-bond donors (Lipinski definition) is 1. The van der Waals surface area contributed by atoms with Gasteiger partial charge in [0.2, 0.25) is 0 Å². The van der Waals surface area contributed by atoms with Crippen LogP contribution in [0.2, 0.25) is 0 Å². The molecule has 2 aliphatic heterocycles. The van der Waals surface area contributed by atoms with Crippen LogP contribution in [-0.4, -0.2) is 32.0 Å². The Morgan fingerprint density at radius 1 is 1.22 bits per heavy atom. The molecule has 0 aromatic heterocycles. The van der Waals surface area contributed by atoms with Crippen molar-refractivity contribution >= 4 is 6.21 Å². The van der Waals surface area contributed by atoms with Gasteiger partial charge in [-0.2, -0.15) is 0 Å². The summed E-state index contributed by atoms with van der Waals surface area (Å²) in [6.45, 7) is 5.07. The maximum atomic E-state index is 4.73. The molecule has 0 spiro atoms. The first-order valence-electron chi connectivity index (χ1n) is 8.70. The van der Waals surface area contributed by atoms with Crippen LogP contribution in [0.15, 0.2) is 50.9 Å². The maximum Gasteiger partial charge on any atom is 0.120 e. The van der Waals surface area contributed by atoms with Crippen molar-refractivity contribution in [2.75, 3.05) is 19.6 Å². The molecule has 4 nitrogen and oxygen atoms in total. The lowest BCUT2D eigenvalue weighted by atomic mass is 9.96. The molecule has 2 unspecified atom stereocenters. The minimum Gasteiger partial charge on any atom is -0.294 e. The first kappa shape index (κ1) is 16.1. The first-order valence-corrected chi connectivity index (χ1v) is 8.70. The Balaban J connectivity index is 1.39. The first-order chi connectivity index (χ1) is 11.3. The fourth-order valence-corrected chi connectivity index (χ4v) is 3.02. The quantitative estimate of drug-likeness (QED) is 0.823. The van der Waals surface area contributed by atoms with Crippen LogP contribution in [0.5, 0.6) is 0 Å². The highest BCUT2D eigenvalue weighted by molar-refractivity contribution is 5.73. The number of hydrogen-bond acceptors (Lipinski definition) is 4. The number of para-hydroxylation sites is 2. The largest absolute Gasteiger partial charge is 0.294 e. The van der Waals surface area contributed by atoms with Crippen molar-refractivity contribution in [2.24, 2.45) is 20.9 Å². The predicted molar refractivity (Wildman–Crippen MR) is 94.5 cm³/mol. The molecule has 0 aliphatic carbocycles. The third-order valence-corrected chi connectivity index (χ3v) is 4.56. The maximum absolute atomic E-state index is 4.73. The molecule has 2 atom stereocenters. The average Bonchev–Trinajstić information content (AvgIpc) is 2.61. The van der Waals surface area contributed by atoms with Gasteiger partial charge in [-0.15, -0.1) is 0 Å². The monoisotopic (exact) mass is 310 g/mol. The van der Waals surface area contributed by atoms with Crippen LogP contribution in [0.3, 0.4) is 0 Å². The van der Waals surface area contributed by atoms with E-state index in [0.717, 1.165) is 42.7 Å². The standard InChI is InChI=1S/C19H26N4/c1-15(6-7-16-9-11-20-12-10-16)8-13-21-19-14-22-17-4-2-3-5-18(17)23-19/h2-5,9,11,15,19,21H,6-8,10,12-14H2,1H3. The van der Waals surface area contributed by atoms with Gasteiger partial charge in [-0.3, -0.25) is 20.3 Å². The highest BCUT2D eigenvalue weighted by Gasteiger charge is 2.10. The third kappa shape index (κ3) is 4.83. The number of aliphatic imine (C=N–C) groups is 1. The lowest BCUT2D eigenvalue weighted by Gasteiger charge is -2.18. The molecular weight excluding hydrogens is 284 g/mol. The zero-order valence-electron chi connectivity index (χ0n) is 13.9. The lowest BCUT2D eigenvalue weighted by Crippen LogP contribution is -2.41. The second-order valence-corrected chi connectivity index (χ2v) is 6.49. The molecule has 1 N–H and O–H groups in total. The number of benzene rings is 1. The van der Waals surface area contributed by atoms with E-state index in [2.05, 4.69) is 28.3 Å². The van der Waals surface area contributed by atoms with E-state index in [9.17, 15) is 0 Å². The van der Waals surface area contributed by atoms with Crippen LogP contribution in [0.4, 0.5) is 0 Å². The molecule has 0 fully saturated rings. The Morgan fingerprint density at radius 2 is 2.09 bits per heavy atom. The molecule has 4 heteroatoms. The van der Waals surface area contributed by atoms with E-state index in [-0.39, 0.29) is 6.17 Å². The Kier molecular flexibility index (Phi) is 5.70. The van der Waals surface area contributed by atoms with E-state index in [0.29, 0.717) is 0 Å². The smallest absolute Gasteiger partial charge is 0.120 e. The van der Waals surface area contributed by atoms with Crippen LogP contribution in [-0.2, 0) is 0 Å². The highest BCUT2D eigenvalue weighted by Crippen LogP contribution is 2.18. The number of rotatable bonds is 7. The van der Waals surface area contributed by atoms with Gasteiger partial charge >= 0.3 is 0 Å². The van der Waals surface area contributed by atoms with Gasteiger partial charge in [-0.1, -0.05) is 24.6 Å². The van der Waals surface area contributed by atoms with Gasteiger partial charge in [0.15, 0.2) is 0 Å². The van der Waals surface area contributed by atoms with E-state index in [1.807, 2.05) is 30.5 Å². The molecule has 122 valence electrons. The molecule has 1 aromatic carbocycles. The Hall–Kier alpha value is -1.81. The van der Waals surface area contributed by atoms with Crippen LogP contribution < -0.4 is 16.0 Å². The lowest BCUT2D eigenvalue weighted by molar-refractivity contribution is 0.433. The molecule has 2 aliphatic rings. The van der Waals surface area contributed by atoms with Crippen molar-refractivity contribution in [3.8, 4) is 0 Å². The number of fused-ring (bicyclic) bond motifs is 1. The van der Waals surface area contributed by atoms with Crippen molar-refractivity contribution in [1.29, 1.82) is 0 Å². The molecule has 0 radical (unpaired) electrons. The molecule has 1 aromatic rings. The van der Waals surface area contributed by atoms with E-state index >= 15 is 0 Å². The van der Waals surface area contributed by atoms with Crippen LogP contribution in [0, 0.1) is 5.92 Å². The number of nitrogens with one attached hydrogen (secondary N) is 1. The molecule has 2 heterocycles. The van der Waals surface area contributed by atoms with Gasteiger partial charge < -0.3 is 0 Å². The SMILES string of the molecule is CC(CCNC1CN=c2ccccc2=N1)CCC1=CC=NCC1. The second kappa shape index (κ2) is 8.16. The molecule has 0 saturated carbocycles. The summed E-state index contributed by atoms with van der Waals surface area (Å²) in [5.41, 5.74) is 1.55. The minimum atomic E-state index is 0.134. The van der Waals surface area contributed by atoms with Gasteiger partial charge in [0, 0.05) is 12.8 Å². The Bertz CT molecular complexity index is 690. The van der Waals surface area contributed by atoms with Crippen LogP contribution in [0.25, 0.3) is 0 Å². The molecule has 0 saturated heterocycles. The van der Waals surface area contributed by atoms with Crippen LogP contribution >= 0.6 is 0 Å². The van der Waals surface area contributed by atoms with E-state index in [4.69, 9.17) is 4.99 Å². The summed E-state index contributed by atoms with van der Waals surface area (Å²) in [7, 11) is 0. The summed E-state index contributed by atoms with van der Waals surface area (Å²) in [6.07, 6.45) is 9.08. The molecular formula is C19H26N4. The summed E-state index contributed by atoms with van der Waals surface area (Å²) in [5, 5.41) is 5.56. The summed E-state index contributed by atoms with van der Waals surface area (Å²) in [4.78, 5) is 13.6. The predicted octanol–water partition coefficient (Wildman–Crippen LogP) is 2.06. The topological polar surface area (TPSA) is 49.1 Å². The molecule has 0 amide bonds. The Labute approximate surface area is 138 Å². The summed E-state index contributed by atoms with van der Waals surface area (Å²) < 4.78 is 0. The Morgan fingerprint density at radius 3 is 2.91 bits per heavy atom. The van der Waals surface area contributed by atoms with E-state index in [1.54, 1.807) is 5.57 Å². The number of dihydropyridines is 1. The summed E-state index contributed by atoms with van der Waals surface area (Å²) in [5.74, 6) is 0.732. The highest BCUT2D eigenvalue weighted by atomic mass is 15.1. The summed E-state index contributed by atoms with van der Waals surface area (Å²) >= 11 is 0. The average molecular weight is 310 g/mol. The number of allylic oxidation sites excluding steroid dienone is 1. The van der Waals surface area contributed by atoms with Gasteiger partial charge in [0.05, 0.1) is 17.3 Å². The van der Waals surface area contributed by atoms with Crippen LogP contribution in [0.1, 0.15) is 32.6 Å². The molecule has 3 rings (SSSR count). The fraction of sp³-hybridized carbons (Fsp3) is 0.526. The molecule has 0 bridgehead atoms. The van der Waals surface area contributed by atoms with Gasteiger partial charge in [0.1, 0.15) is 6.17 Å². The second-order valence-electron chi connectivity index (χ2n) is 6.49. The molecule has 23 heavy (non-hydrogen) atoms. The third-order valence-electron chi connectivity index (χ3n) is 4.56. The van der Waals surface area contributed by atoms with E-state index < -0.39 is 0 Å².